The molecule has 3 nitrogen and oxygen atoms in total. The van der Waals surface area contributed by atoms with Crippen LogP contribution in [0.5, 0.6) is 0 Å². The number of hydrazine groups is 1. The number of hydrogen-bond donors (Lipinski definition) is 2. The highest BCUT2D eigenvalue weighted by molar-refractivity contribution is 5.23. The van der Waals surface area contributed by atoms with Crippen LogP contribution in [-0.4, -0.2) is 13.2 Å². The molecule has 2 unspecified atom stereocenters. The lowest BCUT2D eigenvalue weighted by atomic mass is 9.82. The molecule has 1 aromatic rings. The fourth-order valence-corrected chi connectivity index (χ4v) is 2.08. The van der Waals surface area contributed by atoms with Crippen LogP contribution in [-0.2, 0) is 4.74 Å². The van der Waals surface area contributed by atoms with Crippen molar-refractivity contribution >= 4 is 0 Å². The van der Waals surface area contributed by atoms with E-state index in [2.05, 4.69) is 5.43 Å². The average Bonchev–Trinajstić information content (AvgIpc) is 2.25. The van der Waals surface area contributed by atoms with Gasteiger partial charge in [0, 0.05) is 18.7 Å². The minimum Gasteiger partial charge on any atom is -0.379 e. The van der Waals surface area contributed by atoms with Gasteiger partial charge in [0.15, 0.2) is 0 Å². The quantitative estimate of drug-likeness (QED) is 0.644. The van der Waals surface area contributed by atoms with Crippen molar-refractivity contribution in [3.05, 3.63) is 35.4 Å². The monoisotopic (exact) mass is 258 g/mol. The van der Waals surface area contributed by atoms with Crippen molar-refractivity contribution in [1.82, 2.24) is 5.43 Å². The molecule has 0 amide bonds. The second kappa shape index (κ2) is 5.73. The highest BCUT2D eigenvalue weighted by Gasteiger charge is 2.34. The van der Waals surface area contributed by atoms with E-state index in [1.807, 2.05) is 20.8 Å². The number of nitrogens with two attached hydrogens (primary N) is 1. The predicted molar refractivity (Wildman–Crippen MR) is 66.7 cm³/mol. The van der Waals surface area contributed by atoms with E-state index >= 15 is 0 Å². The highest BCUT2D eigenvalue weighted by Crippen LogP contribution is 2.33. The smallest absolute Gasteiger partial charge is 0.131 e. The Balaban J connectivity index is 3.16. The standard InChI is InChI=1S/C13H20F2N2O/c1-13(2,3)12(18-4)11(17-16)9-6-5-8(14)7-10(9)15/h5-7,11-12,17H,16H2,1-4H3. The molecule has 0 heterocycles. The topological polar surface area (TPSA) is 47.3 Å². The van der Waals surface area contributed by atoms with E-state index in [9.17, 15) is 8.78 Å². The molecule has 0 fully saturated rings. The maximum Gasteiger partial charge on any atom is 0.131 e. The number of halogens is 2. The minimum absolute atomic E-state index is 0.243. The van der Waals surface area contributed by atoms with Crippen LogP contribution in [0.15, 0.2) is 18.2 Å². The minimum atomic E-state index is -0.635. The zero-order valence-electron chi connectivity index (χ0n) is 11.1. The van der Waals surface area contributed by atoms with Gasteiger partial charge in [-0.05, 0) is 11.5 Å². The van der Waals surface area contributed by atoms with Gasteiger partial charge in [0.1, 0.15) is 11.6 Å². The molecule has 0 saturated heterocycles. The molecule has 0 radical (unpaired) electrons. The van der Waals surface area contributed by atoms with Gasteiger partial charge >= 0.3 is 0 Å². The second-order valence-electron chi connectivity index (χ2n) is 5.33. The van der Waals surface area contributed by atoms with Crippen LogP contribution < -0.4 is 11.3 Å². The van der Waals surface area contributed by atoms with E-state index in [-0.39, 0.29) is 11.5 Å². The van der Waals surface area contributed by atoms with Crippen LogP contribution in [0.1, 0.15) is 32.4 Å². The van der Waals surface area contributed by atoms with Gasteiger partial charge in [0.05, 0.1) is 12.1 Å². The number of methoxy groups -OCH3 is 1. The van der Waals surface area contributed by atoms with Crippen molar-refractivity contribution in [1.29, 1.82) is 0 Å². The molecule has 3 N–H and O–H groups in total. The Bertz CT molecular complexity index is 404. The Kier molecular flexibility index (Phi) is 4.78. The third kappa shape index (κ3) is 3.25. The summed E-state index contributed by atoms with van der Waals surface area (Å²) in [5.41, 5.74) is 2.60. The zero-order valence-corrected chi connectivity index (χ0v) is 11.1. The SMILES string of the molecule is COC(C(NN)c1ccc(F)cc1F)C(C)(C)C. The molecule has 1 rings (SSSR count). The Morgan fingerprint density at radius 1 is 1.28 bits per heavy atom. The van der Waals surface area contributed by atoms with E-state index in [1.165, 1.54) is 12.1 Å². The number of hydrogen-bond acceptors (Lipinski definition) is 3. The molecule has 0 aliphatic rings. The molecule has 1 aromatic carbocycles. The van der Waals surface area contributed by atoms with Crippen molar-refractivity contribution < 1.29 is 13.5 Å². The summed E-state index contributed by atoms with van der Waals surface area (Å²) in [5.74, 6) is 4.25. The van der Waals surface area contributed by atoms with Crippen LogP contribution in [0.2, 0.25) is 0 Å². The van der Waals surface area contributed by atoms with Crippen LogP contribution >= 0.6 is 0 Å². The predicted octanol–water partition coefficient (Wildman–Crippen LogP) is 2.53. The number of rotatable bonds is 4. The second-order valence-corrected chi connectivity index (χ2v) is 5.33. The normalized spacial score (nSPS) is 15.5. The molecule has 18 heavy (non-hydrogen) atoms. The fourth-order valence-electron chi connectivity index (χ4n) is 2.08. The summed E-state index contributed by atoms with van der Waals surface area (Å²) in [4.78, 5) is 0. The lowest BCUT2D eigenvalue weighted by molar-refractivity contribution is -0.0128. The van der Waals surface area contributed by atoms with E-state index in [1.54, 1.807) is 7.11 Å². The van der Waals surface area contributed by atoms with Gasteiger partial charge in [-0.15, -0.1) is 0 Å². The van der Waals surface area contributed by atoms with Crippen molar-refractivity contribution in [2.24, 2.45) is 11.3 Å². The first-order valence-corrected chi connectivity index (χ1v) is 5.75. The lowest BCUT2D eigenvalue weighted by Crippen LogP contribution is -2.44. The van der Waals surface area contributed by atoms with Gasteiger partial charge in [0.2, 0.25) is 0 Å². The Labute approximate surface area is 106 Å². The van der Waals surface area contributed by atoms with Crippen LogP contribution in [0.4, 0.5) is 8.78 Å². The first-order valence-electron chi connectivity index (χ1n) is 5.75. The van der Waals surface area contributed by atoms with Crippen molar-refractivity contribution in [2.75, 3.05) is 7.11 Å². The molecule has 0 aliphatic heterocycles. The summed E-state index contributed by atoms with van der Waals surface area (Å²) in [6, 6.07) is 2.88. The summed E-state index contributed by atoms with van der Waals surface area (Å²) in [7, 11) is 1.54. The number of benzene rings is 1. The molecule has 0 bridgehead atoms. The van der Waals surface area contributed by atoms with Crippen molar-refractivity contribution in [3.63, 3.8) is 0 Å². The first-order chi connectivity index (χ1) is 8.31. The third-order valence-electron chi connectivity index (χ3n) is 2.89. The molecule has 102 valence electrons. The van der Waals surface area contributed by atoms with E-state index in [0.717, 1.165) is 6.07 Å². The zero-order chi connectivity index (χ0) is 13.9. The maximum absolute atomic E-state index is 13.8. The average molecular weight is 258 g/mol. The molecule has 0 aliphatic carbocycles. The highest BCUT2D eigenvalue weighted by atomic mass is 19.1. The van der Waals surface area contributed by atoms with Crippen molar-refractivity contribution in [2.45, 2.75) is 32.9 Å². The molecule has 0 aromatic heterocycles. The molecular formula is C13H20F2N2O. The maximum atomic E-state index is 13.8. The Morgan fingerprint density at radius 2 is 1.89 bits per heavy atom. The Hall–Kier alpha value is -1.04. The van der Waals surface area contributed by atoms with Crippen molar-refractivity contribution in [3.8, 4) is 0 Å². The number of nitrogens with one attached hydrogen (secondary N) is 1. The molecular weight excluding hydrogens is 238 g/mol. The van der Waals surface area contributed by atoms with Crippen LogP contribution in [0.25, 0.3) is 0 Å². The third-order valence-corrected chi connectivity index (χ3v) is 2.89. The molecule has 2 atom stereocenters. The largest absolute Gasteiger partial charge is 0.379 e. The summed E-state index contributed by atoms with van der Waals surface area (Å²) in [6.45, 7) is 5.90. The van der Waals surface area contributed by atoms with Crippen LogP contribution in [0, 0.1) is 17.0 Å². The summed E-state index contributed by atoms with van der Waals surface area (Å²) in [6.07, 6.45) is -0.345. The van der Waals surface area contributed by atoms with E-state index in [4.69, 9.17) is 10.6 Å². The molecule has 0 saturated carbocycles. The van der Waals surface area contributed by atoms with Gasteiger partial charge < -0.3 is 4.74 Å². The molecule has 0 spiro atoms. The summed E-state index contributed by atoms with van der Waals surface area (Å²) < 4.78 is 32.1. The van der Waals surface area contributed by atoms with Gasteiger partial charge in [-0.3, -0.25) is 11.3 Å². The Morgan fingerprint density at radius 3 is 2.28 bits per heavy atom. The van der Waals surface area contributed by atoms with E-state index in [0.29, 0.717) is 5.56 Å². The summed E-state index contributed by atoms with van der Waals surface area (Å²) >= 11 is 0. The van der Waals surface area contributed by atoms with Crippen LogP contribution in [0.3, 0.4) is 0 Å². The fraction of sp³-hybridized carbons (Fsp3) is 0.538. The van der Waals surface area contributed by atoms with Gasteiger partial charge in [-0.1, -0.05) is 26.8 Å². The molecule has 5 heteroatoms. The van der Waals surface area contributed by atoms with Gasteiger partial charge in [0.25, 0.3) is 0 Å². The first kappa shape index (κ1) is 15.0. The lowest BCUT2D eigenvalue weighted by Gasteiger charge is -2.35. The summed E-state index contributed by atoms with van der Waals surface area (Å²) in [5, 5.41) is 0. The van der Waals surface area contributed by atoms with Gasteiger partial charge in [-0.25, -0.2) is 8.78 Å². The van der Waals surface area contributed by atoms with E-state index < -0.39 is 17.7 Å². The van der Waals surface area contributed by atoms with Gasteiger partial charge in [-0.2, -0.15) is 0 Å². The number of ether oxygens (including phenoxy) is 1.